The zero-order valence-corrected chi connectivity index (χ0v) is 10.7. The number of phenolic OH excluding ortho intramolecular Hbond substituents is 1. The number of carbonyl (C=O) groups excluding carboxylic acids is 1. The van der Waals surface area contributed by atoms with Gasteiger partial charge in [-0.3, -0.25) is 9.59 Å². The molecule has 1 amide bonds. The Kier molecular flexibility index (Phi) is 5.34. The summed E-state index contributed by atoms with van der Waals surface area (Å²) in [6, 6.07) is 5.58. The molecule has 1 aromatic carbocycles. The van der Waals surface area contributed by atoms with E-state index in [1.807, 2.05) is 0 Å². The van der Waals surface area contributed by atoms with E-state index in [1.165, 1.54) is 30.3 Å². The summed E-state index contributed by atoms with van der Waals surface area (Å²) in [4.78, 5) is 22.3. The van der Waals surface area contributed by atoms with Gasteiger partial charge in [0.25, 0.3) is 0 Å². The van der Waals surface area contributed by atoms with E-state index in [-0.39, 0.29) is 10.6 Å². The number of hydrogen-bond donors (Lipinski definition) is 2. The van der Waals surface area contributed by atoms with E-state index >= 15 is 0 Å². The minimum absolute atomic E-state index is 0.00283. The van der Waals surface area contributed by atoms with Crippen molar-refractivity contribution in [1.29, 1.82) is 0 Å². The molecule has 0 bridgehead atoms. The highest BCUT2D eigenvalue weighted by Gasteiger charge is 2.33. The Morgan fingerprint density at radius 1 is 1.19 bits per heavy atom. The van der Waals surface area contributed by atoms with E-state index < -0.39 is 31.1 Å². The molecule has 8 heteroatoms. The molecule has 0 unspecified atom stereocenters. The normalized spacial score (nSPS) is 11.6. The van der Waals surface area contributed by atoms with Crippen LogP contribution in [-0.4, -0.2) is 46.3 Å². The molecule has 21 heavy (non-hydrogen) atoms. The Hall–Kier alpha value is -2.51. The highest BCUT2D eigenvalue weighted by Crippen LogP contribution is 2.17. The van der Waals surface area contributed by atoms with Crippen molar-refractivity contribution in [3.8, 4) is 5.75 Å². The molecule has 0 aliphatic heterocycles. The summed E-state index contributed by atoms with van der Waals surface area (Å²) in [6.07, 6.45) is -2.61. The molecule has 0 aliphatic rings. The fourth-order valence-electron chi connectivity index (χ4n) is 1.45. The number of aliphatic carboxylic acids is 1. The molecule has 1 aromatic rings. The number of aromatic hydroxyl groups is 1. The van der Waals surface area contributed by atoms with Gasteiger partial charge in [-0.05, 0) is 23.8 Å². The quantitative estimate of drug-likeness (QED) is 0.814. The first-order valence-electron chi connectivity index (χ1n) is 5.72. The second-order valence-corrected chi connectivity index (χ2v) is 4.13. The van der Waals surface area contributed by atoms with Crippen LogP contribution >= 0.6 is 0 Å². The Labute approximate surface area is 117 Å². The summed E-state index contributed by atoms with van der Waals surface area (Å²) in [6.45, 7) is -2.68. The van der Waals surface area contributed by atoms with Crippen molar-refractivity contribution in [2.75, 3.05) is 13.1 Å². The fourth-order valence-corrected chi connectivity index (χ4v) is 1.45. The number of alkyl halides is 3. The van der Waals surface area contributed by atoms with Crippen LogP contribution in [0.5, 0.6) is 5.75 Å². The summed E-state index contributed by atoms with van der Waals surface area (Å²) in [5.41, 5.74) is 0.475. The van der Waals surface area contributed by atoms with Crippen LogP contribution in [0.3, 0.4) is 0 Å². The zero-order valence-electron chi connectivity index (χ0n) is 10.7. The van der Waals surface area contributed by atoms with Gasteiger partial charge in [-0.25, -0.2) is 0 Å². The van der Waals surface area contributed by atoms with Gasteiger partial charge in [0, 0.05) is 6.08 Å². The monoisotopic (exact) mass is 303 g/mol. The average Bonchev–Trinajstić information content (AvgIpc) is 2.34. The zero-order chi connectivity index (χ0) is 16.0. The van der Waals surface area contributed by atoms with Crippen LogP contribution in [0.2, 0.25) is 0 Å². The van der Waals surface area contributed by atoms with Gasteiger partial charge in [0.2, 0.25) is 5.91 Å². The molecule has 0 heterocycles. The van der Waals surface area contributed by atoms with Crippen molar-refractivity contribution in [2.24, 2.45) is 0 Å². The van der Waals surface area contributed by atoms with Gasteiger partial charge in [0.05, 0.1) is 0 Å². The topological polar surface area (TPSA) is 77.8 Å². The molecule has 0 spiro atoms. The molecule has 0 atom stereocenters. The fraction of sp³-hybridized carbons (Fsp3) is 0.231. The molecule has 0 saturated carbocycles. The van der Waals surface area contributed by atoms with E-state index in [4.69, 9.17) is 10.2 Å². The number of nitrogens with zero attached hydrogens (tertiary/aromatic N) is 1. The molecular formula is C13H12F3NO4. The molecule has 0 radical (unpaired) electrons. The molecule has 0 fully saturated rings. The van der Waals surface area contributed by atoms with Crippen LogP contribution < -0.4 is 0 Å². The maximum absolute atomic E-state index is 12.3. The van der Waals surface area contributed by atoms with Gasteiger partial charge in [-0.1, -0.05) is 12.1 Å². The predicted octanol–water partition coefficient (Wildman–Crippen LogP) is 1.88. The molecule has 5 nitrogen and oxygen atoms in total. The highest BCUT2D eigenvalue weighted by atomic mass is 19.4. The summed E-state index contributed by atoms with van der Waals surface area (Å²) < 4.78 is 36.9. The van der Waals surface area contributed by atoms with Crippen molar-refractivity contribution >= 4 is 18.0 Å². The van der Waals surface area contributed by atoms with Crippen LogP contribution in [0, 0.1) is 0 Å². The molecule has 0 aliphatic carbocycles. The van der Waals surface area contributed by atoms with Gasteiger partial charge in [-0.15, -0.1) is 0 Å². The summed E-state index contributed by atoms with van der Waals surface area (Å²) in [7, 11) is 0. The molecule has 114 valence electrons. The lowest BCUT2D eigenvalue weighted by molar-refractivity contribution is -0.163. The number of carboxylic acids is 1. The Morgan fingerprint density at radius 2 is 1.76 bits per heavy atom. The maximum atomic E-state index is 12.3. The van der Waals surface area contributed by atoms with Crippen molar-refractivity contribution < 1.29 is 33.0 Å². The minimum Gasteiger partial charge on any atom is -0.508 e. The standard InChI is InChI=1S/C13H12F3NO4/c14-13(15,16)8-17(7-12(20)21)11(19)6-3-9-1-4-10(18)5-2-9/h1-6,18H,7-8H2,(H,20,21). The number of amides is 1. The van der Waals surface area contributed by atoms with Crippen molar-refractivity contribution in [1.82, 2.24) is 4.90 Å². The number of carbonyl (C=O) groups is 2. The van der Waals surface area contributed by atoms with E-state index in [2.05, 4.69) is 0 Å². The van der Waals surface area contributed by atoms with E-state index in [9.17, 15) is 22.8 Å². The lowest BCUT2D eigenvalue weighted by Gasteiger charge is -2.20. The molecule has 0 saturated heterocycles. The number of carboxylic acid groups (broad SMARTS) is 1. The van der Waals surface area contributed by atoms with Crippen LogP contribution in [0.4, 0.5) is 13.2 Å². The number of hydrogen-bond acceptors (Lipinski definition) is 3. The first kappa shape index (κ1) is 16.5. The van der Waals surface area contributed by atoms with E-state index in [1.54, 1.807) is 0 Å². The smallest absolute Gasteiger partial charge is 0.406 e. The second kappa shape index (κ2) is 6.78. The maximum Gasteiger partial charge on any atom is 0.406 e. The highest BCUT2D eigenvalue weighted by molar-refractivity contribution is 5.93. The third-order valence-electron chi connectivity index (χ3n) is 2.32. The number of phenols is 1. The molecule has 1 rings (SSSR count). The van der Waals surface area contributed by atoms with Gasteiger partial charge in [0.15, 0.2) is 0 Å². The summed E-state index contributed by atoms with van der Waals surface area (Å²) in [5.74, 6) is -2.60. The van der Waals surface area contributed by atoms with Gasteiger partial charge in [-0.2, -0.15) is 13.2 Å². The molecular weight excluding hydrogens is 291 g/mol. The first-order chi connectivity index (χ1) is 9.67. The minimum atomic E-state index is -4.68. The van der Waals surface area contributed by atoms with Gasteiger partial charge < -0.3 is 15.1 Å². The van der Waals surface area contributed by atoms with Crippen LogP contribution in [0.15, 0.2) is 30.3 Å². The van der Waals surface area contributed by atoms with Crippen molar-refractivity contribution in [3.63, 3.8) is 0 Å². The Morgan fingerprint density at radius 3 is 2.24 bits per heavy atom. The van der Waals surface area contributed by atoms with E-state index in [0.29, 0.717) is 5.56 Å². The second-order valence-electron chi connectivity index (χ2n) is 4.13. The first-order valence-corrected chi connectivity index (χ1v) is 5.72. The third-order valence-corrected chi connectivity index (χ3v) is 2.32. The number of rotatable bonds is 5. The lowest BCUT2D eigenvalue weighted by atomic mass is 10.2. The predicted molar refractivity (Wildman–Crippen MR) is 67.4 cm³/mol. The van der Waals surface area contributed by atoms with Crippen LogP contribution in [0.25, 0.3) is 6.08 Å². The molecule has 2 N–H and O–H groups in total. The van der Waals surface area contributed by atoms with Crippen LogP contribution in [-0.2, 0) is 9.59 Å². The SMILES string of the molecule is O=C(O)CN(CC(F)(F)F)C(=O)C=Cc1ccc(O)cc1. The Bertz CT molecular complexity index is 537. The summed E-state index contributed by atoms with van der Waals surface area (Å²) in [5, 5.41) is 17.6. The van der Waals surface area contributed by atoms with Crippen molar-refractivity contribution in [2.45, 2.75) is 6.18 Å². The van der Waals surface area contributed by atoms with Crippen molar-refractivity contribution in [3.05, 3.63) is 35.9 Å². The van der Waals surface area contributed by atoms with Crippen LogP contribution in [0.1, 0.15) is 5.56 Å². The van der Waals surface area contributed by atoms with E-state index in [0.717, 1.165) is 6.08 Å². The summed E-state index contributed by atoms with van der Waals surface area (Å²) >= 11 is 0. The molecule has 0 aromatic heterocycles. The third kappa shape index (κ3) is 6.46. The largest absolute Gasteiger partial charge is 0.508 e. The number of benzene rings is 1. The van der Waals surface area contributed by atoms with Gasteiger partial charge in [0.1, 0.15) is 18.8 Å². The lowest BCUT2D eigenvalue weighted by Crippen LogP contribution is -2.41. The Balaban J connectivity index is 2.80. The van der Waals surface area contributed by atoms with Gasteiger partial charge >= 0.3 is 12.1 Å². The number of halogens is 3. The average molecular weight is 303 g/mol.